The molecule has 0 spiro atoms. The SMILES string of the molecule is Cc1ccc(CC(=O)N2CC(n3cccn3)C2)c(F)c1. The van der Waals surface area contributed by atoms with Gasteiger partial charge in [-0.05, 0) is 30.2 Å². The van der Waals surface area contributed by atoms with E-state index in [4.69, 9.17) is 0 Å². The van der Waals surface area contributed by atoms with E-state index in [1.807, 2.05) is 29.9 Å². The molecule has 1 aromatic carbocycles. The first-order chi connectivity index (χ1) is 9.63. The Morgan fingerprint density at radius 2 is 2.25 bits per heavy atom. The minimum Gasteiger partial charge on any atom is -0.338 e. The first-order valence-corrected chi connectivity index (χ1v) is 6.65. The lowest BCUT2D eigenvalue weighted by molar-refractivity contribution is -0.136. The number of nitrogens with zero attached hydrogens (tertiary/aromatic N) is 3. The van der Waals surface area contributed by atoms with E-state index in [0.29, 0.717) is 18.7 Å². The third kappa shape index (κ3) is 2.43. The lowest BCUT2D eigenvalue weighted by Crippen LogP contribution is -2.51. The molecule has 1 aliphatic heterocycles. The topological polar surface area (TPSA) is 38.1 Å². The summed E-state index contributed by atoms with van der Waals surface area (Å²) in [7, 11) is 0. The summed E-state index contributed by atoms with van der Waals surface area (Å²) in [5.74, 6) is -0.335. The molecule has 1 aromatic heterocycles. The molecule has 0 unspecified atom stereocenters. The second-order valence-electron chi connectivity index (χ2n) is 5.21. The second kappa shape index (κ2) is 5.07. The summed E-state index contributed by atoms with van der Waals surface area (Å²) < 4.78 is 15.6. The summed E-state index contributed by atoms with van der Waals surface area (Å²) >= 11 is 0. The van der Waals surface area contributed by atoms with Gasteiger partial charge in [0.05, 0.1) is 12.5 Å². The molecule has 104 valence electrons. The van der Waals surface area contributed by atoms with Crippen LogP contribution in [0.4, 0.5) is 4.39 Å². The van der Waals surface area contributed by atoms with Crippen molar-refractivity contribution >= 4 is 5.91 Å². The minimum atomic E-state index is -0.303. The number of halogens is 1. The van der Waals surface area contributed by atoms with Crippen molar-refractivity contribution in [2.24, 2.45) is 0 Å². The predicted molar refractivity (Wildman–Crippen MR) is 72.7 cm³/mol. The number of carbonyl (C=O) groups is 1. The van der Waals surface area contributed by atoms with Crippen LogP contribution < -0.4 is 0 Å². The molecular formula is C15H16FN3O. The maximum atomic E-state index is 13.7. The Morgan fingerprint density at radius 1 is 1.45 bits per heavy atom. The number of amides is 1. The van der Waals surface area contributed by atoms with E-state index in [1.54, 1.807) is 17.2 Å². The van der Waals surface area contributed by atoms with Gasteiger partial charge in [0.15, 0.2) is 0 Å². The molecule has 2 aromatic rings. The molecule has 4 nitrogen and oxygen atoms in total. The Hall–Kier alpha value is -2.17. The molecule has 20 heavy (non-hydrogen) atoms. The summed E-state index contributed by atoms with van der Waals surface area (Å²) in [6.45, 7) is 3.13. The number of likely N-dealkylation sites (tertiary alicyclic amines) is 1. The Kier molecular flexibility index (Phi) is 3.26. The number of hydrogen-bond donors (Lipinski definition) is 0. The fourth-order valence-corrected chi connectivity index (χ4v) is 2.39. The molecule has 1 amide bonds. The van der Waals surface area contributed by atoms with Crippen LogP contribution in [0.5, 0.6) is 0 Å². The van der Waals surface area contributed by atoms with Crippen LogP contribution in [0.3, 0.4) is 0 Å². The van der Waals surface area contributed by atoms with Crippen LogP contribution in [0, 0.1) is 12.7 Å². The van der Waals surface area contributed by atoms with Crippen molar-refractivity contribution in [3.8, 4) is 0 Å². The quantitative estimate of drug-likeness (QED) is 0.857. The molecule has 1 fully saturated rings. The number of hydrogen-bond acceptors (Lipinski definition) is 2. The van der Waals surface area contributed by atoms with Gasteiger partial charge in [0.25, 0.3) is 0 Å². The smallest absolute Gasteiger partial charge is 0.227 e. The van der Waals surface area contributed by atoms with Crippen molar-refractivity contribution < 1.29 is 9.18 Å². The van der Waals surface area contributed by atoms with Crippen LogP contribution >= 0.6 is 0 Å². The molecular weight excluding hydrogens is 257 g/mol. The third-order valence-corrected chi connectivity index (χ3v) is 3.66. The third-order valence-electron chi connectivity index (χ3n) is 3.66. The molecule has 0 radical (unpaired) electrons. The molecule has 0 aliphatic carbocycles. The molecule has 5 heteroatoms. The number of rotatable bonds is 3. The summed E-state index contributed by atoms with van der Waals surface area (Å²) in [5, 5.41) is 4.16. The van der Waals surface area contributed by atoms with Gasteiger partial charge in [-0.1, -0.05) is 12.1 Å². The zero-order valence-corrected chi connectivity index (χ0v) is 11.3. The number of benzene rings is 1. The minimum absolute atomic E-state index is 0.0313. The van der Waals surface area contributed by atoms with Crippen LogP contribution in [-0.4, -0.2) is 33.7 Å². The largest absolute Gasteiger partial charge is 0.338 e. The van der Waals surface area contributed by atoms with E-state index in [0.717, 1.165) is 5.56 Å². The molecule has 3 rings (SSSR count). The van der Waals surface area contributed by atoms with Gasteiger partial charge in [-0.25, -0.2) is 4.39 Å². The molecule has 1 aliphatic rings. The van der Waals surface area contributed by atoms with Gasteiger partial charge in [-0.15, -0.1) is 0 Å². The van der Waals surface area contributed by atoms with E-state index in [2.05, 4.69) is 5.10 Å². The monoisotopic (exact) mass is 273 g/mol. The predicted octanol–water partition coefficient (Wildman–Crippen LogP) is 1.96. The normalized spacial score (nSPS) is 15.2. The maximum absolute atomic E-state index is 13.7. The van der Waals surface area contributed by atoms with Crippen LogP contribution in [0.1, 0.15) is 17.2 Å². The standard InChI is InChI=1S/C15H16FN3O/c1-11-3-4-12(14(16)7-11)8-15(20)18-9-13(10-18)19-6-2-5-17-19/h2-7,13H,8-10H2,1H3. The Bertz CT molecular complexity index is 618. The molecule has 0 saturated carbocycles. The van der Waals surface area contributed by atoms with Crippen LogP contribution in [0.15, 0.2) is 36.7 Å². The Morgan fingerprint density at radius 3 is 2.90 bits per heavy atom. The first kappa shape index (κ1) is 12.8. The van der Waals surface area contributed by atoms with Crippen molar-refractivity contribution in [3.63, 3.8) is 0 Å². The van der Waals surface area contributed by atoms with Crippen molar-refractivity contribution in [2.75, 3.05) is 13.1 Å². The highest BCUT2D eigenvalue weighted by Gasteiger charge is 2.32. The van der Waals surface area contributed by atoms with Gasteiger partial charge < -0.3 is 4.90 Å². The van der Waals surface area contributed by atoms with Gasteiger partial charge in [0, 0.05) is 25.5 Å². The van der Waals surface area contributed by atoms with Crippen LogP contribution in [0.2, 0.25) is 0 Å². The van der Waals surface area contributed by atoms with Gasteiger partial charge >= 0.3 is 0 Å². The van der Waals surface area contributed by atoms with Crippen molar-refractivity contribution in [1.29, 1.82) is 0 Å². The van der Waals surface area contributed by atoms with Gasteiger partial charge in [-0.2, -0.15) is 5.10 Å². The average molecular weight is 273 g/mol. The zero-order chi connectivity index (χ0) is 14.1. The Balaban J connectivity index is 1.58. The second-order valence-corrected chi connectivity index (χ2v) is 5.21. The summed E-state index contributed by atoms with van der Waals surface area (Å²) in [5.41, 5.74) is 1.32. The number of aryl methyl sites for hydroxylation is 1. The van der Waals surface area contributed by atoms with Gasteiger partial charge in [0.2, 0.25) is 5.91 Å². The summed E-state index contributed by atoms with van der Waals surface area (Å²) in [6.07, 6.45) is 3.75. The number of carbonyl (C=O) groups excluding carboxylic acids is 1. The summed E-state index contributed by atoms with van der Waals surface area (Å²) in [6, 6.07) is 7.09. The van der Waals surface area contributed by atoms with Crippen LogP contribution in [0.25, 0.3) is 0 Å². The van der Waals surface area contributed by atoms with Gasteiger partial charge in [-0.3, -0.25) is 9.48 Å². The first-order valence-electron chi connectivity index (χ1n) is 6.65. The van der Waals surface area contributed by atoms with E-state index in [-0.39, 0.29) is 24.2 Å². The Labute approximate surface area is 116 Å². The average Bonchev–Trinajstić information content (AvgIpc) is 2.84. The van der Waals surface area contributed by atoms with Crippen LogP contribution in [-0.2, 0) is 11.2 Å². The van der Waals surface area contributed by atoms with E-state index in [1.165, 1.54) is 6.07 Å². The van der Waals surface area contributed by atoms with Crippen molar-refractivity contribution in [1.82, 2.24) is 14.7 Å². The molecule has 0 atom stereocenters. The van der Waals surface area contributed by atoms with E-state index >= 15 is 0 Å². The fourth-order valence-electron chi connectivity index (χ4n) is 2.39. The highest BCUT2D eigenvalue weighted by molar-refractivity contribution is 5.79. The zero-order valence-electron chi connectivity index (χ0n) is 11.3. The molecule has 0 N–H and O–H groups in total. The highest BCUT2D eigenvalue weighted by Crippen LogP contribution is 2.21. The number of aromatic nitrogens is 2. The fraction of sp³-hybridized carbons (Fsp3) is 0.333. The lowest BCUT2D eigenvalue weighted by atomic mass is 10.0. The van der Waals surface area contributed by atoms with E-state index in [9.17, 15) is 9.18 Å². The van der Waals surface area contributed by atoms with E-state index < -0.39 is 0 Å². The van der Waals surface area contributed by atoms with Crippen molar-refractivity contribution in [2.45, 2.75) is 19.4 Å². The van der Waals surface area contributed by atoms with Crippen molar-refractivity contribution in [3.05, 3.63) is 53.6 Å². The van der Waals surface area contributed by atoms with Gasteiger partial charge in [0.1, 0.15) is 5.82 Å². The summed E-state index contributed by atoms with van der Waals surface area (Å²) in [4.78, 5) is 13.8. The highest BCUT2D eigenvalue weighted by atomic mass is 19.1. The molecule has 1 saturated heterocycles. The molecule has 2 heterocycles. The maximum Gasteiger partial charge on any atom is 0.227 e. The molecule has 0 bridgehead atoms. The lowest BCUT2D eigenvalue weighted by Gasteiger charge is -2.39.